The van der Waals surface area contributed by atoms with Crippen molar-refractivity contribution < 1.29 is 9.31 Å². The van der Waals surface area contributed by atoms with Crippen LogP contribution in [0.25, 0.3) is 0 Å². The molecule has 0 amide bonds. The van der Waals surface area contributed by atoms with Crippen LogP contribution >= 0.6 is 15.9 Å². The molecule has 1 aliphatic rings. The topological polar surface area (TPSA) is 31.4 Å². The fourth-order valence-corrected chi connectivity index (χ4v) is 2.14. The molecule has 3 nitrogen and oxygen atoms in total. The van der Waals surface area contributed by atoms with Gasteiger partial charge in [-0.3, -0.25) is 4.98 Å². The first kappa shape index (κ1) is 13.1. The number of aryl methyl sites for hydroxylation is 1. The zero-order valence-electron chi connectivity index (χ0n) is 10.9. The molecule has 0 radical (unpaired) electrons. The van der Waals surface area contributed by atoms with Gasteiger partial charge in [-0.05, 0) is 62.1 Å². The standard InChI is InChI=1S/C12H17BBrNO2/c1-8-10(14)9(6-7-15-8)13-16-11(2,3)12(4,5)17-13/h6-7H,1-5H3. The summed E-state index contributed by atoms with van der Waals surface area (Å²) in [5.41, 5.74) is 1.32. The SMILES string of the molecule is Cc1nccc(B2OC(C)(C)C(C)(C)O2)c1Br. The number of pyridine rings is 1. The average molecular weight is 298 g/mol. The minimum Gasteiger partial charge on any atom is -0.399 e. The van der Waals surface area contributed by atoms with Gasteiger partial charge in [0.05, 0.1) is 16.9 Å². The van der Waals surface area contributed by atoms with Gasteiger partial charge in [0.15, 0.2) is 0 Å². The molecule has 0 saturated carbocycles. The van der Waals surface area contributed by atoms with Crippen molar-refractivity contribution in [2.45, 2.75) is 45.8 Å². The summed E-state index contributed by atoms with van der Waals surface area (Å²) in [6, 6.07) is 1.93. The third-order valence-corrected chi connectivity index (χ3v) is 4.63. The number of rotatable bonds is 1. The molecule has 5 heteroatoms. The van der Waals surface area contributed by atoms with Gasteiger partial charge in [0.2, 0.25) is 0 Å². The van der Waals surface area contributed by atoms with Crippen molar-refractivity contribution in [3.05, 3.63) is 22.4 Å². The smallest absolute Gasteiger partial charge is 0.399 e. The number of aromatic nitrogens is 1. The van der Waals surface area contributed by atoms with Crippen LogP contribution in [0.3, 0.4) is 0 Å². The number of hydrogen-bond donors (Lipinski definition) is 0. The Kier molecular flexibility index (Phi) is 3.13. The maximum absolute atomic E-state index is 6.01. The Morgan fingerprint density at radius 1 is 1.18 bits per heavy atom. The molecule has 1 aliphatic heterocycles. The van der Waals surface area contributed by atoms with E-state index in [0.29, 0.717) is 0 Å². The minimum atomic E-state index is -0.337. The van der Waals surface area contributed by atoms with Gasteiger partial charge in [0.25, 0.3) is 0 Å². The highest BCUT2D eigenvalue weighted by molar-refractivity contribution is 9.10. The van der Waals surface area contributed by atoms with Crippen LogP contribution in [-0.2, 0) is 9.31 Å². The lowest BCUT2D eigenvalue weighted by Crippen LogP contribution is -2.41. The Morgan fingerprint density at radius 2 is 1.71 bits per heavy atom. The van der Waals surface area contributed by atoms with E-state index in [-0.39, 0.29) is 18.3 Å². The molecule has 0 aromatic carbocycles. The Bertz CT molecular complexity index is 432. The third kappa shape index (κ3) is 2.16. The average Bonchev–Trinajstić information content (AvgIpc) is 2.40. The zero-order chi connectivity index (χ0) is 12.8. The Morgan fingerprint density at radius 3 is 2.24 bits per heavy atom. The second kappa shape index (κ2) is 4.07. The van der Waals surface area contributed by atoms with E-state index in [1.165, 1.54) is 0 Å². The van der Waals surface area contributed by atoms with Crippen molar-refractivity contribution in [2.75, 3.05) is 0 Å². The first-order valence-electron chi connectivity index (χ1n) is 5.71. The maximum atomic E-state index is 6.01. The molecular weight excluding hydrogens is 281 g/mol. The molecule has 2 heterocycles. The Labute approximate surface area is 111 Å². The minimum absolute atomic E-state index is 0.311. The molecule has 2 rings (SSSR count). The summed E-state index contributed by atoms with van der Waals surface area (Å²) in [5, 5.41) is 0. The van der Waals surface area contributed by atoms with Crippen LogP contribution in [0.5, 0.6) is 0 Å². The van der Waals surface area contributed by atoms with Crippen LogP contribution in [0.1, 0.15) is 33.4 Å². The normalized spacial score (nSPS) is 21.9. The summed E-state index contributed by atoms with van der Waals surface area (Å²) in [5.74, 6) is 0. The van der Waals surface area contributed by atoms with Gasteiger partial charge in [-0.1, -0.05) is 0 Å². The first-order valence-corrected chi connectivity index (χ1v) is 6.50. The van der Waals surface area contributed by atoms with E-state index in [4.69, 9.17) is 9.31 Å². The summed E-state index contributed by atoms with van der Waals surface area (Å²) >= 11 is 3.54. The van der Waals surface area contributed by atoms with E-state index in [1.54, 1.807) is 6.20 Å². The van der Waals surface area contributed by atoms with Gasteiger partial charge < -0.3 is 9.31 Å². The van der Waals surface area contributed by atoms with Crippen LogP contribution in [-0.4, -0.2) is 23.3 Å². The van der Waals surface area contributed by atoms with E-state index in [0.717, 1.165) is 15.6 Å². The lowest BCUT2D eigenvalue weighted by Gasteiger charge is -2.32. The fourth-order valence-electron chi connectivity index (χ4n) is 1.72. The summed E-state index contributed by atoms with van der Waals surface area (Å²) in [6.45, 7) is 10.2. The summed E-state index contributed by atoms with van der Waals surface area (Å²) in [6.07, 6.45) is 1.78. The number of halogens is 1. The van der Waals surface area contributed by atoms with Crippen LogP contribution in [0.15, 0.2) is 16.7 Å². The first-order chi connectivity index (χ1) is 7.74. The highest BCUT2D eigenvalue weighted by Gasteiger charge is 2.52. The van der Waals surface area contributed by atoms with E-state index >= 15 is 0 Å². The second-order valence-corrected chi connectivity index (χ2v) is 6.18. The van der Waals surface area contributed by atoms with E-state index in [1.807, 2.05) is 13.0 Å². The maximum Gasteiger partial charge on any atom is 0.496 e. The van der Waals surface area contributed by atoms with Gasteiger partial charge in [-0.25, -0.2) is 0 Å². The van der Waals surface area contributed by atoms with Gasteiger partial charge in [-0.2, -0.15) is 0 Å². The zero-order valence-corrected chi connectivity index (χ0v) is 12.5. The highest BCUT2D eigenvalue weighted by atomic mass is 79.9. The molecule has 0 atom stereocenters. The van der Waals surface area contributed by atoms with Gasteiger partial charge >= 0.3 is 7.12 Å². The highest BCUT2D eigenvalue weighted by Crippen LogP contribution is 2.37. The quantitative estimate of drug-likeness (QED) is 0.746. The van der Waals surface area contributed by atoms with Crippen LogP contribution in [0, 0.1) is 6.92 Å². The lowest BCUT2D eigenvalue weighted by atomic mass is 9.79. The molecule has 92 valence electrons. The van der Waals surface area contributed by atoms with Crippen molar-refractivity contribution in [2.24, 2.45) is 0 Å². The summed E-state index contributed by atoms with van der Waals surface area (Å²) in [4.78, 5) is 4.23. The van der Waals surface area contributed by atoms with Crippen molar-refractivity contribution in [1.82, 2.24) is 4.98 Å². The van der Waals surface area contributed by atoms with Gasteiger partial charge in [0.1, 0.15) is 0 Å². The predicted octanol–water partition coefficient (Wildman–Crippen LogP) is 2.45. The van der Waals surface area contributed by atoms with Gasteiger partial charge in [-0.15, -0.1) is 0 Å². The molecule has 0 unspecified atom stereocenters. The second-order valence-electron chi connectivity index (χ2n) is 5.39. The van der Waals surface area contributed by atoms with Crippen molar-refractivity contribution in [3.8, 4) is 0 Å². The summed E-state index contributed by atoms with van der Waals surface area (Å²) < 4.78 is 13.0. The Balaban J connectivity index is 2.36. The number of hydrogen-bond acceptors (Lipinski definition) is 3. The molecule has 1 aromatic rings. The van der Waals surface area contributed by atoms with Crippen molar-refractivity contribution >= 4 is 28.5 Å². The number of nitrogens with zero attached hydrogens (tertiary/aromatic N) is 1. The lowest BCUT2D eigenvalue weighted by molar-refractivity contribution is 0.00578. The van der Waals surface area contributed by atoms with Crippen LogP contribution in [0.4, 0.5) is 0 Å². The van der Waals surface area contributed by atoms with Gasteiger partial charge in [0, 0.05) is 10.7 Å². The molecular formula is C12H17BBrNO2. The van der Waals surface area contributed by atoms with E-state index in [9.17, 15) is 0 Å². The molecule has 17 heavy (non-hydrogen) atoms. The molecule has 0 bridgehead atoms. The molecule has 0 spiro atoms. The fraction of sp³-hybridized carbons (Fsp3) is 0.583. The molecule has 1 aromatic heterocycles. The van der Waals surface area contributed by atoms with E-state index in [2.05, 4.69) is 48.6 Å². The molecule has 0 aliphatic carbocycles. The Hall–Kier alpha value is -0.385. The van der Waals surface area contributed by atoms with E-state index < -0.39 is 0 Å². The monoisotopic (exact) mass is 297 g/mol. The summed E-state index contributed by atoms with van der Waals surface area (Å²) in [7, 11) is -0.337. The predicted molar refractivity (Wildman–Crippen MR) is 72.4 cm³/mol. The van der Waals surface area contributed by atoms with Crippen LogP contribution < -0.4 is 5.46 Å². The van der Waals surface area contributed by atoms with Crippen molar-refractivity contribution in [1.29, 1.82) is 0 Å². The molecule has 0 N–H and O–H groups in total. The molecule has 1 fully saturated rings. The largest absolute Gasteiger partial charge is 0.496 e. The molecule has 1 saturated heterocycles. The van der Waals surface area contributed by atoms with Crippen LogP contribution in [0.2, 0.25) is 0 Å². The van der Waals surface area contributed by atoms with Crippen molar-refractivity contribution in [3.63, 3.8) is 0 Å². The third-order valence-electron chi connectivity index (χ3n) is 3.60.